The molecule has 5 nitrogen and oxygen atoms in total. The van der Waals surface area contributed by atoms with Crippen molar-refractivity contribution in [3.63, 3.8) is 0 Å². The summed E-state index contributed by atoms with van der Waals surface area (Å²) in [7, 11) is 0. The highest BCUT2D eigenvalue weighted by Crippen LogP contribution is 2.42. The van der Waals surface area contributed by atoms with E-state index in [4.69, 9.17) is 11.6 Å². The minimum atomic E-state index is -4.95. The zero-order chi connectivity index (χ0) is 28.7. The summed E-state index contributed by atoms with van der Waals surface area (Å²) in [6.07, 6.45) is -2.03. The molecule has 0 aliphatic heterocycles. The third kappa shape index (κ3) is 6.58. The van der Waals surface area contributed by atoms with Gasteiger partial charge in [-0.05, 0) is 90.5 Å². The fourth-order valence-electron chi connectivity index (χ4n) is 3.89. The van der Waals surface area contributed by atoms with Gasteiger partial charge in [-0.3, -0.25) is 9.59 Å². The second-order valence-electron chi connectivity index (χ2n) is 9.67. The van der Waals surface area contributed by atoms with Gasteiger partial charge in [-0.1, -0.05) is 17.7 Å². The molecule has 0 unspecified atom stereocenters. The average molecular weight is 631 g/mol. The Hall–Kier alpha value is -3.05. The third-order valence-electron chi connectivity index (χ3n) is 6.19. The molecule has 0 spiro atoms. The molecule has 1 saturated carbocycles. The number of hydrogen-bond donors (Lipinski definition) is 1. The molecule has 0 saturated heterocycles. The van der Waals surface area contributed by atoms with Gasteiger partial charge in [0.05, 0.1) is 28.1 Å². The van der Waals surface area contributed by atoms with E-state index in [1.54, 1.807) is 0 Å². The molecule has 1 fully saturated rings. The molecule has 1 heterocycles. The second-order valence-corrected chi connectivity index (χ2v) is 10.9. The first kappa shape index (κ1) is 28.9. The van der Waals surface area contributed by atoms with Gasteiger partial charge in [0.25, 0.3) is 11.8 Å². The molecule has 1 aliphatic carbocycles. The predicted octanol–water partition coefficient (Wildman–Crippen LogP) is 8.17. The number of anilines is 2. The quantitative estimate of drug-likeness (QED) is 0.212. The van der Waals surface area contributed by atoms with Crippen LogP contribution in [-0.4, -0.2) is 23.3 Å². The van der Waals surface area contributed by atoms with Crippen molar-refractivity contribution in [2.45, 2.75) is 38.5 Å². The Bertz CT molecular complexity index is 1420. The molecule has 4 rings (SSSR count). The van der Waals surface area contributed by atoms with Gasteiger partial charge in [0, 0.05) is 17.2 Å². The Balaban J connectivity index is 1.71. The highest BCUT2D eigenvalue weighted by atomic mass is 79.9. The molecule has 1 aliphatic rings. The van der Waals surface area contributed by atoms with Crippen molar-refractivity contribution in [3.05, 3.63) is 86.4 Å². The highest BCUT2D eigenvalue weighted by Gasteiger charge is 2.38. The molecule has 2 amide bonds. The number of hydrogen-bond acceptors (Lipinski definition) is 3. The molecule has 1 aromatic heterocycles. The second kappa shape index (κ2) is 10.8. The van der Waals surface area contributed by atoms with Crippen LogP contribution in [0.15, 0.2) is 53.1 Å². The van der Waals surface area contributed by atoms with E-state index in [0.29, 0.717) is 6.07 Å². The molecule has 0 radical (unpaired) electrons. The highest BCUT2D eigenvalue weighted by molar-refractivity contribution is 9.10. The van der Waals surface area contributed by atoms with Gasteiger partial charge < -0.3 is 10.2 Å². The van der Waals surface area contributed by atoms with Gasteiger partial charge in [0.1, 0.15) is 10.8 Å². The fraction of sp³-hybridized carbons (Fsp3) is 0.296. The fourth-order valence-corrected chi connectivity index (χ4v) is 4.56. The zero-order valence-electron chi connectivity index (χ0n) is 20.7. The van der Waals surface area contributed by atoms with Gasteiger partial charge in [-0.2, -0.15) is 13.2 Å². The Morgan fingerprint density at radius 1 is 1.13 bits per heavy atom. The van der Waals surface area contributed by atoms with Crippen molar-refractivity contribution in [1.82, 2.24) is 4.98 Å². The maximum atomic E-state index is 15.8. The monoisotopic (exact) mass is 629 g/mol. The van der Waals surface area contributed by atoms with Crippen LogP contribution >= 0.6 is 27.5 Å². The predicted molar refractivity (Wildman–Crippen MR) is 141 cm³/mol. The zero-order valence-corrected chi connectivity index (χ0v) is 23.0. The number of carbonyl (C=O) groups is 2. The molecule has 0 bridgehead atoms. The van der Waals surface area contributed by atoms with E-state index in [2.05, 4.69) is 26.2 Å². The number of carbonyl (C=O) groups excluding carboxylic acids is 2. The van der Waals surface area contributed by atoms with Crippen LogP contribution < -0.4 is 10.2 Å². The van der Waals surface area contributed by atoms with Gasteiger partial charge in [0.15, 0.2) is 5.82 Å². The molecular formula is C27H22BrClF5N3O2. The van der Waals surface area contributed by atoms with E-state index in [1.165, 1.54) is 35.4 Å². The standard InChI is InChI=1S/C27H22BrClF5N3O2/c1-26(2,31)16-10-18(27(32,33)34)23(19(28)11-16)36-24(38)17-4-3-5-20(22(17)30)37(13-14-6-7-14)25(39)15-8-9-21(29)35-12-15/h3-5,8-12,14H,6-7,13H2,1-2H3,(H,36,38). The lowest BCUT2D eigenvalue weighted by Gasteiger charge is -2.24. The number of amides is 2. The first-order valence-electron chi connectivity index (χ1n) is 11.8. The topological polar surface area (TPSA) is 62.3 Å². The number of alkyl halides is 4. The molecule has 1 N–H and O–H groups in total. The summed E-state index contributed by atoms with van der Waals surface area (Å²) in [5.74, 6) is -2.71. The van der Waals surface area contributed by atoms with Crippen molar-refractivity contribution in [2.75, 3.05) is 16.8 Å². The van der Waals surface area contributed by atoms with Crippen LogP contribution in [0.5, 0.6) is 0 Å². The first-order valence-corrected chi connectivity index (χ1v) is 13.0. The molecule has 206 valence electrons. The summed E-state index contributed by atoms with van der Waals surface area (Å²) in [5.41, 5.74) is -5.00. The van der Waals surface area contributed by atoms with E-state index in [-0.39, 0.29) is 38.9 Å². The Labute approximate surface area is 234 Å². The van der Waals surface area contributed by atoms with Gasteiger partial charge >= 0.3 is 6.18 Å². The summed E-state index contributed by atoms with van der Waals surface area (Å²) in [6, 6.07) is 8.30. The molecule has 0 atom stereocenters. The molecular weight excluding hydrogens is 609 g/mol. The normalized spacial score (nSPS) is 13.8. The third-order valence-corrected chi connectivity index (χ3v) is 7.04. The van der Waals surface area contributed by atoms with Crippen LogP contribution in [0, 0.1) is 11.7 Å². The number of nitrogens with one attached hydrogen (secondary N) is 1. The number of halogens is 7. The molecule has 39 heavy (non-hydrogen) atoms. The molecule has 3 aromatic rings. The number of aromatic nitrogens is 1. The lowest BCUT2D eigenvalue weighted by Crippen LogP contribution is -2.34. The van der Waals surface area contributed by atoms with Crippen LogP contribution in [-0.2, 0) is 11.8 Å². The molecule has 2 aromatic carbocycles. The number of nitrogens with zero attached hydrogens (tertiary/aromatic N) is 2. The van der Waals surface area contributed by atoms with Crippen molar-refractivity contribution in [2.24, 2.45) is 5.92 Å². The Morgan fingerprint density at radius 2 is 1.82 bits per heavy atom. The summed E-state index contributed by atoms with van der Waals surface area (Å²) in [5, 5.41) is 2.28. The summed E-state index contributed by atoms with van der Waals surface area (Å²) >= 11 is 8.78. The Morgan fingerprint density at radius 3 is 2.38 bits per heavy atom. The van der Waals surface area contributed by atoms with Crippen LogP contribution in [0.25, 0.3) is 0 Å². The first-order chi connectivity index (χ1) is 18.2. The van der Waals surface area contributed by atoms with E-state index in [1.807, 2.05) is 0 Å². The maximum absolute atomic E-state index is 15.8. The minimum absolute atomic E-state index is 0.134. The Kier molecular flexibility index (Phi) is 8.05. The summed E-state index contributed by atoms with van der Waals surface area (Å²) in [4.78, 5) is 31.4. The lowest BCUT2D eigenvalue weighted by atomic mass is 9.96. The van der Waals surface area contributed by atoms with Crippen LogP contribution in [0.2, 0.25) is 5.15 Å². The molecule has 12 heteroatoms. The minimum Gasteiger partial charge on any atom is -0.320 e. The van der Waals surface area contributed by atoms with Crippen molar-refractivity contribution < 1.29 is 31.5 Å². The smallest absolute Gasteiger partial charge is 0.320 e. The van der Waals surface area contributed by atoms with E-state index >= 15 is 4.39 Å². The largest absolute Gasteiger partial charge is 0.418 e. The van der Waals surface area contributed by atoms with E-state index < -0.39 is 46.3 Å². The van der Waals surface area contributed by atoms with Crippen LogP contribution in [0.3, 0.4) is 0 Å². The average Bonchev–Trinajstić information content (AvgIpc) is 3.67. The van der Waals surface area contributed by atoms with Crippen molar-refractivity contribution in [1.29, 1.82) is 0 Å². The maximum Gasteiger partial charge on any atom is 0.418 e. The van der Waals surface area contributed by atoms with Gasteiger partial charge in [-0.15, -0.1) is 0 Å². The number of pyridine rings is 1. The lowest BCUT2D eigenvalue weighted by molar-refractivity contribution is -0.137. The van der Waals surface area contributed by atoms with Crippen LogP contribution in [0.4, 0.5) is 33.3 Å². The van der Waals surface area contributed by atoms with Crippen molar-refractivity contribution in [3.8, 4) is 0 Å². The number of rotatable bonds is 7. The number of benzene rings is 2. The van der Waals surface area contributed by atoms with Gasteiger partial charge in [0.2, 0.25) is 0 Å². The van der Waals surface area contributed by atoms with Crippen LogP contribution in [0.1, 0.15) is 58.5 Å². The van der Waals surface area contributed by atoms with Gasteiger partial charge in [-0.25, -0.2) is 13.8 Å². The SMILES string of the molecule is CC(C)(F)c1cc(Br)c(NC(=O)c2cccc(N(CC3CC3)C(=O)c3ccc(Cl)nc3)c2F)c(C(F)(F)F)c1. The van der Waals surface area contributed by atoms with E-state index in [9.17, 15) is 27.2 Å². The van der Waals surface area contributed by atoms with Crippen molar-refractivity contribution >= 4 is 50.7 Å². The summed E-state index contributed by atoms with van der Waals surface area (Å²) < 4.78 is 71.6. The van der Waals surface area contributed by atoms with E-state index in [0.717, 1.165) is 38.8 Å². The summed E-state index contributed by atoms with van der Waals surface area (Å²) in [6.45, 7) is 2.37.